The fourth-order valence-corrected chi connectivity index (χ4v) is 2.42. The van der Waals surface area contributed by atoms with E-state index in [1.165, 1.54) is 0 Å². The van der Waals surface area contributed by atoms with Crippen LogP contribution in [0.3, 0.4) is 0 Å². The van der Waals surface area contributed by atoms with Crippen molar-refractivity contribution in [2.45, 2.75) is 44.5 Å². The average Bonchev–Trinajstić information content (AvgIpc) is 2.98. The SMILES string of the molecule is CCNC(=O)C(=O)NCC1COC2(CCCC2)O1. The van der Waals surface area contributed by atoms with Crippen LogP contribution in [0.4, 0.5) is 0 Å². The molecule has 1 atom stereocenters. The molecular weight excluding hydrogens is 236 g/mol. The van der Waals surface area contributed by atoms with Gasteiger partial charge >= 0.3 is 11.8 Å². The monoisotopic (exact) mass is 256 g/mol. The quantitative estimate of drug-likeness (QED) is 0.693. The van der Waals surface area contributed by atoms with E-state index in [-0.39, 0.29) is 6.10 Å². The second-order valence-corrected chi connectivity index (χ2v) is 4.74. The Morgan fingerprint density at radius 2 is 1.89 bits per heavy atom. The molecule has 2 aliphatic rings. The number of amides is 2. The molecule has 2 fully saturated rings. The van der Waals surface area contributed by atoms with Crippen LogP contribution in [-0.4, -0.2) is 43.4 Å². The van der Waals surface area contributed by atoms with Crippen molar-refractivity contribution >= 4 is 11.8 Å². The fourth-order valence-electron chi connectivity index (χ4n) is 2.42. The molecule has 1 spiro atoms. The molecule has 0 aromatic carbocycles. The van der Waals surface area contributed by atoms with Gasteiger partial charge in [-0.25, -0.2) is 0 Å². The van der Waals surface area contributed by atoms with Crippen LogP contribution in [0.25, 0.3) is 0 Å². The number of nitrogens with one attached hydrogen (secondary N) is 2. The molecule has 18 heavy (non-hydrogen) atoms. The summed E-state index contributed by atoms with van der Waals surface area (Å²) in [5.41, 5.74) is 0. The smallest absolute Gasteiger partial charge is 0.309 e. The van der Waals surface area contributed by atoms with Crippen molar-refractivity contribution in [3.8, 4) is 0 Å². The van der Waals surface area contributed by atoms with Crippen LogP contribution < -0.4 is 10.6 Å². The minimum absolute atomic E-state index is 0.151. The molecule has 0 bridgehead atoms. The van der Waals surface area contributed by atoms with Gasteiger partial charge in [-0.05, 0) is 19.8 Å². The first-order valence-corrected chi connectivity index (χ1v) is 6.53. The number of ether oxygens (including phenoxy) is 2. The first-order valence-electron chi connectivity index (χ1n) is 6.53. The average molecular weight is 256 g/mol. The molecule has 1 heterocycles. The van der Waals surface area contributed by atoms with Gasteiger partial charge in [0.15, 0.2) is 5.79 Å². The maximum Gasteiger partial charge on any atom is 0.309 e. The van der Waals surface area contributed by atoms with E-state index < -0.39 is 17.6 Å². The van der Waals surface area contributed by atoms with Gasteiger partial charge in [0.25, 0.3) is 0 Å². The third-order valence-electron chi connectivity index (χ3n) is 3.31. The van der Waals surface area contributed by atoms with Crippen molar-refractivity contribution in [1.82, 2.24) is 10.6 Å². The van der Waals surface area contributed by atoms with Crippen molar-refractivity contribution < 1.29 is 19.1 Å². The molecule has 0 aromatic rings. The van der Waals surface area contributed by atoms with Crippen LogP contribution >= 0.6 is 0 Å². The molecular formula is C12H20N2O4. The number of carbonyl (C=O) groups excluding carboxylic acids is 2. The summed E-state index contributed by atoms with van der Waals surface area (Å²) in [6, 6.07) is 0. The van der Waals surface area contributed by atoms with Gasteiger partial charge in [0.2, 0.25) is 0 Å². The van der Waals surface area contributed by atoms with Crippen LogP contribution in [0, 0.1) is 0 Å². The van der Waals surface area contributed by atoms with Crippen molar-refractivity contribution in [3.05, 3.63) is 0 Å². The summed E-state index contributed by atoms with van der Waals surface area (Å²) < 4.78 is 11.5. The summed E-state index contributed by atoms with van der Waals surface area (Å²) >= 11 is 0. The Kier molecular flexibility index (Phi) is 4.19. The molecule has 1 aliphatic carbocycles. The zero-order valence-electron chi connectivity index (χ0n) is 10.7. The molecule has 2 N–H and O–H groups in total. The summed E-state index contributed by atoms with van der Waals surface area (Å²) in [4.78, 5) is 22.6. The van der Waals surface area contributed by atoms with Gasteiger partial charge in [-0.15, -0.1) is 0 Å². The Balaban J connectivity index is 1.72. The molecule has 0 aromatic heterocycles. The predicted octanol–water partition coefficient (Wildman–Crippen LogP) is -0.0756. The van der Waals surface area contributed by atoms with Crippen LogP contribution in [-0.2, 0) is 19.1 Å². The van der Waals surface area contributed by atoms with E-state index in [4.69, 9.17) is 9.47 Å². The topological polar surface area (TPSA) is 76.7 Å². The fraction of sp³-hybridized carbons (Fsp3) is 0.833. The normalized spacial score (nSPS) is 25.3. The van der Waals surface area contributed by atoms with Gasteiger partial charge in [0.05, 0.1) is 6.61 Å². The number of hydrogen-bond donors (Lipinski definition) is 2. The van der Waals surface area contributed by atoms with Gasteiger partial charge in [-0.1, -0.05) is 0 Å². The van der Waals surface area contributed by atoms with Crippen LogP contribution in [0.5, 0.6) is 0 Å². The van der Waals surface area contributed by atoms with E-state index in [1.807, 2.05) is 0 Å². The molecule has 1 saturated carbocycles. The number of hydrogen-bond acceptors (Lipinski definition) is 4. The lowest BCUT2D eigenvalue weighted by Crippen LogP contribution is -2.43. The van der Waals surface area contributed by atoms with Gasteiger partial charge in [-0.2, -0.15) is 0 Å². The first kappa shape index (κ1) is 13.3. The van der Waals surface area contributed by atoms with E-state index >= 15 is 0 Å². The molecule has 1 unspecified atom stereocenters. The molecule has 1 saturated heterocycles. The lowest BCUT2D eigenvalue weighted by atomic mass is 10.2. The second-order valence-electron chi connectivity index (χ2n) is 4.74. The lowest BCUT2D eigenvalue weighted by molar-refractivity contribution is -0.161. The summed E-state index contributed by atoms with van der Waals surface area (Å²) in [5, 5.41) is 5.01. The second kappa shape index (κ2) is 5.67. The molecule has 1 aliphatic heterocycles. The molecule has 2 amide bonds. The molecule has 6 nitrogen and oxygen atoms in total. The predicted molar refractivity (Wildman–Crippen MR) is 63.7 cm³/mol. The number of rotatable bonds is 3. The number of carbonyl (C=O) groups is 2. The minimum Gasteiger partial charge on any atom is -0.348 e. The van der Waals surface area contributed by atoms with Gasteiger partial charge in [-0.3, -0.25) is 9.59 Å². The Morgan fingerprint density at radius 1 is 1.22 bits per heavy atom. The van der Waals surface area contributed by atoms with E-state index in [9.17, 15) is 9.59 Å². The highest BCUT2D eigenvalue weighted by atomic mass is 16.7. The van der Waals surface area contributed by atoms with E-state index in [0.717, 1.165) is 25.7 Å². The third-order valence-corrected chi connectivity index (χ3v) is 3.31. The summed E-state index contributed by atoms with van der Waals surface area (Å²) in [6.07, 6.45) is 3.94. The highest BCUT2D eigenvalue weighted by Crippen LogP contribution is 2.38. The van der Waals surface area contributed by atoms with Gasteiger partial charge in [0.1, 0.15) is 6.10 Å². The van der Waals surface area contributed by atoms with Gasteiger partial charge in [0, 0.05) is 25.9 Å². The summed E-state index contributed by atoms with van der Waals surface area (Å²) in [6.45, 7) is 3.01. The Bertz CT molecular complexity index is 326. The van der Waals surface area contributed by atoms with Crippen LogP contribution in [0.1, 0.15) is 32.6 Å². The Hall–Kier alpha value is -1.14. The maximum absolute atomic E-state index is 11.4. The van der Waals surface area contributed by atoms with Gasteiger partial charge < -0.3 is 20.1 Å². The Morgan fingerprint density at radius 3 is 2.56 bits per heavy atom. The highest BCUT2D eigenvalue weighted by Gasteiger charge is 2.43. The van der Waals surface area contributed by atoms with E-state index in [0.29, 0.717) is 19.7 Å². The van der Waals surface area contributed by atoms with Crippen molar-refractivity contribution in [2.24, 2.45) is 0 Å². The third kappa shape index (κ3) is 3.00. The largest absolute Gasteiger partial charge is 0.348 e. The van der Waals surface area contributed by atoms with Crippen molar-refractivity contribution in [1.29, 1.82) is 0 Å². The Labute approximate surface area is 106 Å². The molecule has 6 heteroatoms. The highest BCUT2D eigenvalue weighted by molar-refractivity contribution is 6.35. The molecule has 102 valence electrons. The lowest BCUT2D eigenvalue weighted by Gasteiger charge is -2.21. The van der Waals surface area contributed by atoms with Crippen molar-refractivity contribution in [3.63, 3.8) is 0 Å². The van der Waals surface area contributed by atoms with Crippen molar-refractivity contribution in [2.75, 3.05) is 19.7 Å². The zero-order chi connectivity index (χ0) is 13.0. The first-order chi connectivity index (χ1) is 8.65. The zero-order valence-corrected chi connectivity index (χ0v) is 10.7. The summed E-state index contributed by atoms with van der Waals surface area (Å²) in [7, 11) is 0. The number of likely N-dealkylation sites (N-methyl/N-ethyl adjacent to an activating group) is 1. The summed E-state index contributed by atoms with van der Waals surface area (Å²) in [5.74, 6) is -1.64. The molecule has 2 rings (SSSR count). The minimum atomic E-state index is -0.618. The standard InChI is InChI=1S/C12H20N2O4/c1-2-13-10(15)11(16)14-7-9-8-17-12(18-9)5-3-4-6-12/h9H,2-8H2,1H3,(H,13,15)(H,14,16). The van der Waals surface area contributed by atoms with Crippen LogP contribution in [0.2, 0.25) is 0 Å². The maximum atomic E-state index is 11.4. The molecule has 0 radical (unpaired) electrons. The van der Waals surface area contributed by atoms with E-state index in [2.05, 4.69) is 10.6 Å². The van der Waals surface area contributed by atoms with Crippen LogP contribution in [0.15, 0.2) is 0 Å². The van der Waals surface area contributed by atoms with E-state index in [1.54, 1.807) is 6.92 Å².